The maximum Gasteiger partial charge on any atom is 0.409 e. The number of alkyl halides is 3. The van der Waals surface area contributed by atoms with Crippen molar-refractivity contribution in [2.45, 2.75) is 18.8 Å². The van der Waals surface area contributed by atoms with Crippen molar-refractivity contribution >= 4 is 15.9 Å². The summed E-state index contributed by atoms with van der Waals surface area (Å²) in [4.78, 5) is 0. The van der Waals surface area contributed by atoms with Crippen molar-refractivity contribution in [1.29, 1.82) is 0 Å². The van der Waals surface area contributed by atoms with Gasteiger partial charge in [-0.15, -0.1) is 0 Å². The summed E-state index contributed by atoms with van der Waals surface area (Å²) in [6.45, 7) is 0.903. The maximum atomic E-state index is 12.5. The Morgan fingerprint density at radius 1 is 1.43 bits per heavy atom. The van der Waals surface area contributed by atoms with Gasteiger partial charge in [0, 0.05) is 18.8 Å². The molecule has 0 amide bonds. The van der Waals surface area contributed by atoms with E-state index in [4.69, 9.17) is 0 Å². The second kappa shape index (κ2) is 3.27. The number of hydrogen-bond donors (Lipinski definition) is 1. The lowest BCUT2D eigenvalue weighted by Crippen LogP contribution is -2.41. The Labute approximate surface area is 87.2 Å². The Morgan fingerprint density at radius 3 is 2.79 bits per heavy atom. The lowest BCUT2D eigenvalue weighted by Gasteiger charge is -2.28. The summed E-state index contributed by atoms with van der Waals surface area (Å²) in [6, 6.07) is 1.60. The molecule has 1 aromatic rings. The number of aromatic nitrogens is 1. The predicted molar refractivity (Wildman–Crippen MR) is 48.9 cm³/mol. The van der Waals surface area contributed by atoms with Crippen LogP contribution in [0.1, 0.15) is 11.7 Å². The molecule has 6 heteroatoms. The molecule has 1 N–H and O–H groups in total. The molecule has 2 rings (SSSR count). The summed E-state index contributed by atoms with van der Waals surface area (Å²) in [5.41, 5.74) is 0.274. The van der Waals surface area contributed by atoms with Gasteiger partial charge in [-0.3, -0.25) is 5.32 Å². The maximum absolute atomic E-state index is 12.5. The lowest BCUT2D eigenvalue weighted by atomic mass is 10.1. The zero-order valence-corrected chi connectivity index (χ0v) is 8.69. The zero-order chi connectivity index (χ0) is 10.3. The highest BCUT2D eigenvalue weighted by Gasteiger charge is 2.43. The van der Waals surface area contributed by atoms with Crippen LogP contribution in [0.5, 0.6) is 0 Å². The Hall–Kier alpha value is -0.490. The van der Waals surface area contributed by atoms with E-state index in [0.29, 0.717) is 17.7 Å². The van der Waals surface area contributed by atoms with Crippen molar-refractivity contribution in [3.63, 3.8) is 0 Å². The molecule has 1 atom stereocenters. The molecule has 0 aliphatic carbocycles. The van der Waals surface area contributed by atoms with E-state index >= 15 is 0 Å². The topological polar surface area (TPSA) is 17.0 Å². The first kappa shape index (κ1) is 10.0. The van der Waals surface area contributed by atoms with Gasteiger partial charge >= 0.3 is 6.18 Å². The SMILES string of the molecule is FC(F)(F)C1NCCn2c(Br)ccc21. The smallest absolute Gasteiger partial charge is 0.336 e. The lowest BCUT2D eigenvalue weighted by molar-refractivity contribution is -0.161. The zero-order valence-electron chi connectivity index (χ0n) is 7.11. The Balaban J connectivity index is 2.41. The molecule has 0 aromatic carbocycles. The van der Waals surface area contributed by atoms with Crippen molar-refractivity contribution in [2.75, 3.05) is 6.54 Å². The van der Waals surface area contributed by atoms with Gasteiger partial charge in [0.05, 0.1) is 4.60 Å². The summed E-state index contributed by atoms with van der Waals surface area (Å²) in [7, 11) is 0. The average molecular weight is 269 g/mol. The van der Waals surface area contributed by atoms with Crippen molar-refractivity contribution < 1.29 is 13.2 Å². The highest BCUT2D eigenvalue weighted by atomic mass is 79.9. The first-order valence-corrected chi connectivity index (χ1v) is 4.94. The van der Waals surface area contributed by atoms with Crippen LogP contribution in [-0.4, -0.2) is 17.3 Å². The van der Waals surface area contributed by atoms with Gasteiger partial charge in [-0.25, -0.2) is 0 Å². The van der Waals surface area contributed by atoms with Gasteiger partial charge in [0.2, 0.25) is 0 Å². The van der Waals surface area contributed by atoms with Crippen LogP contribution in [0.2, 0.25) is 0 Å². The van der Waals surface area contributed by atoms with Crippen LogP contribution in [0.15, 0.2) is 16.7 Å². The van der Waals surface area contributed by atoms with Gasteiger partial charge in [-0.05, 0) is 28.1 Å². The van der Waals surface area contributed by atoms with Crippen LogP contribution < -0.4 is 5.32 Å². The van der Waals surface area contributed by atoms with Crippen molar-refractivity contribution in [3.05, 3.63) is 22.4 Å². The summed E-state index contributed by atoms with van der Waals surface area (Å²) < 4.78 is 39.9. The third kappa shape index (κ3) is 1.56. The van der Waals surface area contributed by atoms with Crippen LogP contribution in [-0.2, 0) is 6.54 Å². The monoisotopic (exact) mass is 268 g/mol. The van der Waals surface area contributed by atoms with Gasteiger partial charge in [0.1, 0.15) is 6.04 Å². The van der Waals surface area contributed by atoms with E-state index < -0.39 is 12.2 Å². The summed E-state index contributed by atoms with van der Waals surface area (Å²) in [5.74, 6) is 0. The average Bonchev–Trinajstić information content (AvgIpc) is 2.46. The van der Waals surface area contributed by atoms with Crippen molar-refractivity contribution in [2.24, 2.45) is 0 Å². The van der Waals surface area contributed by atoms with E-state index in [1.165, 1.54) is 6.07 Å². The van der Waals surface area contributed by atoms with Crippen LogP contribution in [0.4, 0.5) is 13.2 Å². The number of nitrogens with zero attached hydrogens (tertiary/aromatic N) is 1. The third-order valence-electron chi connectivity index (χ3n) is 2.27. The fraction of sp³-hybridized carbons (Fsp3) is 0.500. The molecule has 0 fully saturated rings. The van der Waals surface area contributed by atoms with Gasteiger partial charge in [-0.2, -0.15) is 13.2 Å². The number of rotatable bonds is 0. The second-order valence-corrected chi connectivity index (χ2v) is 3.97. The molecule has 2 nitrogen and oxygen atoms in total. The van der Waals surface area contributed by atoms with E-state index in [1.54, 1.807) is 10.6 Å². The third-order valence-corrected chi connectivity index (χ3v) is 2.96. The van der Waals surface area contributed by atoms with Gasteiger partial charge < -0.3 is 4.57 Å². The molecule has 1 aromatic heterocycles. The quantitative estimate of drug-likeness (QED) is 0.765. The standard InChI is InChI=1S/C8H8BrF3N2/c9-6-2-1-5-7(8(10,11)12)13-3-4-14(5)6/h1-2,7,13H,3-4H2. The highest BCUT2D eigenvalue weighted by molar-refractivity contribution is 9.10. The van der Waals surface area contributed by atoms with Crippen LogP contribution in [0.3, 0.4) is 0 Å². The minimum Gasteiger partial charge on any atom is -0.336 e. The summed E-state index contributed by atoms with van der Waals surface area (Å²) in [6.07, 6.45) is -4.23. The molecule has 2 heterocycles. The molecule has 0 bridgehead atoms. The molecule has 1 aliphatic heterocycles. The van der Waals surface area contributed by atoms with E-state index in [0.717, 1.165) is 0 Å². The molecule has 0 saturated heterocycles. The molecule has 14 heavy (non-hydrogen) atoms. The minimum absolute atomic E-state index is 0.274. The van der Waals surface area contributed by atoms with Crippen molar-refractivity contribution in [1.82, 2.24) is 9.88 Å². The minimum atomic E-state index is -4.23. The van der Waals surface area contributed by atoms with Gasteiger partial charge in [-0.1, -0.05) is 0 Å². The van der Waals surface area contributed by atoms with E-state index in [-0.39, 0.29) is 5.69 Å². The van der Waals surface area contributed by atoms with E-state index in [2.05, 4.69) is 21.2 Å². The normalized spacial score (nSPS) is 22.1. The van der Waals surface area contributed by atoms with Crippen LogP contribution in [0, 0.1) is 0 Å². The summed E-state index contributed by atoms with van der Waals surface area (Å²) in [5, 5.41) is 2.46. The van der Waals surface area contributed by atoms with Crippen molar-refractivity contribution in [3.8, 4) is 0 Å². The molecule has 1 aliphatic rings. The van der Waals surface area contributed by atoms with Gasteiger partial charge in [0.25, 0.3) is 0 Å². The number of hydrogen-bond acceptors (Lipinski definition) is 1. The molecule has 0 radical (unpaired) electrons. The van der Waals surface area contributed by atoms with Crippen LogP contribution >= 0.6 is 15.9 Å². The Morgan fingerprint density at radius 2 is 2.14 bits per heavy atom. The van der Waals surface area contributed by atoms with E-state index in [1.807, 2.05) is 0 Å². The van der Waals surface area contributed by atoms with Gasteiger partial charge in [0.15, 0.2) is 0 Å². The molecule has 0 spiro atoms. The fourth-order valence-electron chi connectivity index (χ4n) is 1.65. The first-order chi connectivity index (χ1) is 6.50. The number of nitrogens with one attached hydrogen (secondary N) is 1. The second-order valence-electron chi connectivity index (χ2n) is 3.16. The molecule has 0 saturated carbocycles. The fourth-order valence-corrected chi connectivity index (χ4v) is 2.17. The number of halogens is 4. The Bertz CT molecular complexity index is 345. The molecular formula is C8H8BrF3N2. The predicted octanol–water partition coefficient (Wildman–Crippen LogP) is 2.46. The molecular weight excluding hydrogens is 261 g/mol. The summed E-state index contributed by atoms with van der Waals surface area (Å²) >= 11 is 3.21. The Kier molecular flexibility index (Phi) is 2.35. The van der Waals surface area contributed by atoms with Crippen LogP contribution in [0.25, 0.3) is 0 Å². The molecule has 1 unspecified atom stereocenters. The van der Waals surface area contributed by atoms with E-state index in [9.17, 15) is 13.2 Å². The largest absolute Gasteiger partial charge is 0.409 e. The highest BCUT2D eigenvalue weighted by Crippen LogP contribution is 2.36. The molecule has 78 valence electrons. The number of fused-ring (bicyclic) bond motifs is 1. The first-order valence-electron chi connectivity index (χ1n) is 4.15.